The number of methoxy groups -OCH3 is 1. The molecule has 0 aromatic heterocycles. The minimum Gasteiger partial charge on any atom is -0.468 e. The molecule has 1 heterocycles. The van der Waals surface area contributed by atoms with Crippen LogP contribution in [-0.2, 0) is 14.3 Å². The number of rotatable bonds is 4. The van der Waals surface area contributed by atoms with E-state index in [4.69, 9.17) is 9.47 Å². The Morgan fingerprint density at radius 3 is 2.64 bits per heavy atom. The van der Waals surface area contributed by atoms with Crippen molar-refractivity contribution < 1.29 is 14.3 Å². The van der Waals surface area contributed by atoms with E-state index in [1.165, 1.54) is 7.11 Å². The van der Waals surface area contributed by atoms with Crippen LogP contribution in [0.15, 0.2) is 0 Å². The van der Waals surface area contributed by atoms with Gasteiger partial charge in [-0.1, -0.05) is 13.3 Å². The van der Waals surface area contributed by atoms with Gasteiger partial charge in [-0.3, -0.25) is 9.69 Å². The van der Waals surface area contributed by atoms with Crippen molar-refractivity contribution in [2.45, 2.75) is 25.8 Å². The first kappa shape index (κ1) is 11.5. The summed E-state index contributed by atoms with van der Waals surface area (Å²) in [4.78, 5) is 13.6. The van der Waals surface area contributed by atoms with Gasteiger partial charge in [0.15, 0.2) is 0 Å². The normalized spacial score (nSPS) is 20.4. The fraction of sp³-hybridized carbons (Fsp3) is 0.900. The van der Waals surface area contributed by atoms with Crippen LogP contribution >= 0.6 is 0 Å². The molecule has 0 spiro atoms. The number of morpholine rings is 1. The summed E-state index contributed by atoms with van der Waals surface area (Å²) in [5.41, 5.74) is 0. The van der Waals surface area contributed by atoms with Crippen molar-refractivity contribution in [1.29, 1.82) is 0 Å². The number of carbonyl (C=O) groups excluding carboxylic acids is 1. The summed E-state index contributed by atoms with van der Waals surface area (Å²) in [7, 11) is 1.45. The lowest BCUT2D eigenvalue weighted by Gasteiger charge is -2.32. The molecule has 1 aliphatic heterocycles. The van der Waals surface area contributed by atoms with Gasteiger partial charge in [-0.25, -0.2) is 0 Å². The smallest absolute Gasteiger partial charge is 0.323 e. The number of nitrogens with zero attached hydrogens (tertiary/aromatic N) is 1. The highest BCUT2D eigenvalue weighted by molar-refractivity contribution is 5.75. The summed E-state index contributed by atoms with van der Waals surface area (Å²) >= 11 is 0. The lowest BCUT2D eigenvalue weighted by molar-refractivity contribution is -0.149. The van der Waals surface area contributed by atoms with E-state index in [0.717, 1.165) is 39.1 Å². The van der Waals surface area contributed by atoms with Gasteiger partial charge in [-0.05, 0) is 6.42 Å². The van der Waals surface area contributed by atoms with Crippen LogP contribution in [0.5, 0.6) is 0 Å². The quantitative estimate of drug-likeness (QED) is 0.626. The number of hydrogen-bond acceptors (Lipinski definition) is 4. The molecule has 1 saturated heterocycles. The third-order valence-electron chi connectivity index (χ3n) is 2.52. The summed E-state index contributed by atoms with van der Waals surface area (Å²) in [5, 5.41) is 0. The van der Waals surface area contributed by atoms with Gasteiger partial charge in [0.25, 0.3) is 0 Å². The van der Waals surface area contributed by atoms with Crippen molar-refractivity contribution in [3.05, 3.63) is 0 Å². The zero-order valence-electron chi connectivity index (χ0n) is 8.99. The number of carbonyl (C=O) groups is 1. The van der Waals surface area contributed by atoms with E-state index >= 15 is 0 Å². The van der Waals surface area contributed by atoms with Crippen molar-refractivity contribution in [3.63, 3.8) is 0 Å². The third kappa shape index (κ3) is 2.96. The molecular weight excluding hydrogens is 182 g/mol. The fourth-order valence-electron chi connectivity index (χ4n) is 1.75. The Bertz CT molecular complexity index is 178. The standard InChI is InChI=1S/C10H19NO3/c1-3-4-9(10(12)13-2)11-5-7-14-8-6-11/h9H,3-8H2,1-2H3/t9-/m0/s1. The average molecular weight is 201 g/mol. The molecule has 0 aromatic carbocycles. The van der Waals surface area contributed by atoms with Gasteiger partial charge in [0.05, 0.1) is 20.3 Å². The largest absolute Gasteiger partial charge is 0.468 e. The van der Waals surface area contributed by atoms with Crippen LogP contribution in [-0.4, -0.2) is 50.3 Å². The minimum atomic E-state index is -0.117. The lowest BCUT2D eigenvalue weighted by Crippen LogP contribution is -2.47. The predicted molar refractivity (Wildman–Crippen MR) is 53.1 cm³/mol. The molecule has 1 aliphatic rings. The molecule has 4 heteroatoms. The second kappa shape index (κ2) is 5.98. The molecule has 1 rings (SSSR count). The van der Waals surface area contributed by atoms with Crippen LogP contribution in [0.1, 0.15) is 19.8 Å². The van der Waals surface area contributed by atoms with Gasteiger partial charge < -0.3 is 9.47 Å². The Labute approximate surface area is 85.2 Å². The van der Waals surface area contributed by atoms with E-state index in [-0.39, 0.29) is 12.0 Å². The maximum Gasteiger partial charge on any atom is 0.323 e. The molecule has 0 aliphatic carbocycles. The molecule has 1 atom stereocenters. The lowest BCUT2D eigenvalue weighted by atomic mass is 10.1. The van der Waals surface area contributed by atoms with Gasteiger partial charge >= 0.3 is 5.97 Å². The highest BCUT2D eigenvalue weighted by Crippen LogP contribution is 2.11. The first-order valence-corrected chi connectivity index (χ1v) is 5.19. The summed E-state index contributed by atoms with van der Waals surface area (Å²) < 4.78 is 10.0. The highest BCUT2D eigenvalue weighted by atomic mass is 16.5. The number of esters is 1. The molecule has 0 amide bonds. The second-order valence-corrected chi connectivity index (χ2v) is 3.48. The van der Waals surface area contributed by atoms with Gasteiger partial charge in [-0.15, -0.1) is 0 Å². The molecule has 0 aromatic rings. The summed E-state index contributed by atoms with van der Waals surface area (Å²) in [6.45, 7) is 5.18. The van der Waals surface area contributed by atoms with Gasteiger partial charge in [-0.2, -0.15) is 0 Å². The monoisotopic (exact) mass is 201 g/mol. The fourth-order valence-corrected chi connectivity index (χ4v) is 1.75. The first-order valence-electron chi connectivity index (χ1n) is 5.19. The Balaban J connectivity index is 2.50. The highest BCUT2D eigenvalue weighted by Gasteiger charge is 2.26. The van der Waals surface area contributed by atoms with Crippen LogP contribution in [0.2, 0.25) is 0 Å². The average Bonchev–Trinajstić information content (AvgIpc) is 2.26. The molecule has 0 unspecified atom stereocenters. The molecule has 1 fully saturated rings. The van der Waals surface area contributed by atoms with Gasteiger partial charge in [0, 0.05) is 13.1 Å². The molecular formula is C10H19NO3. The van der Waals surface area contributed by atoms with E-state index < -0.39 is 0 Å². The minimum absolute atomic E-state index is 0.0751. The van der Waals surface area contributed by atoms with E-state index in [1.807, 2.05) is 0 Å². The maximum absolute atomic E-state index is 11.5. The second-order valence-electron chi connectivity index (χ2n) is 3.48. The summed E-state index contributed by atoms with van der Waals surface area (Å²) in [5.74, 6) is -0.117. The topological polar surface area (TPSA) is 38.8 Å². The van der Waals surface area contributed by atoms with Crippen molar-refractivity contribution in [1.82, 2.24) is 4.90 Å². The number of ether oxygens (including phenoxy) is 2. The molecule has 82 valence electrons. The Hall–Kier alpha value is -0.610. The molecule has 0 saturated carbocycles. The van der Waals surface area contributed by atoms with Gasteiger partial charge in [0.2, 0.25) is 0 Å². The summed E-state index contributed by atoms with van der Waals surface area (Å²) in [6, 6.07) is -0.0751. The Morgan fingerprint density at radius 1 is 1.50 bits per heavy atom. The molecule has 0 bridgehead atoms. The van der Waals surface area contributed by atoms with Crippen LogP contribution < -0.4 is 0 Å². The Morgan fingerprint density at radius 2 is 2.14 bits per heavy atom. The van der Waals surface area contributed by atoms with E-state index in [1.54, 1.807) is 0 Å². The van der Waals surface area contributed by atoms with Crippen LogP contribution in [0.25, 0.3) is 0 Å². The third-order valence-corrected chi connectivity index (χ3v) is 2.52. The van der Waals surface area contributed by atoms with E-state index in [2.05, 4.69) is 11.8 Å². The van der Waals surface area contributed by atoms with E-state index in [0.29, 0.717) is 0 Å². The van der Waals surface area contributed by atoms with Crippen molar-refractivity contribution in [2.75, 3.05) is 33.4 Å². The van der Waals surface area contributed by atoms with Crippen LogP contribution in [0.3, 0.4) is 0 Å². The van der Waals surface area contributed by atoms with Gasteiger partial charge in [0.1, 0.15) is 6.04 Å². The zero-order chi connectivity index (χ0) is 10.4. The zero-order valence-corrected chi connectivity index (χ0v) is 8.99. The predicted octanol–water partition coefficient (Wildman–Crippen LogP) is 0.660. The molecule has 4 nitrogen and oxygen atoms in total. The molecule has 14 heavy (non-hydrogen) atoms. The van der Waals surface area contributed by atoms with Crippen molar-refractivity contribution in [2.24, 2.45) is 0 Å². The number of hydrogen-bond donors (Lipinski definition) is 0. The first-order chi connectivity index (χ1) is 6.79. The maximum atomic E-state index is 11.5. The van der Waals surface area contributed by atoms with Crippen molar-refractivity contribution >= 4 is 5.97 Å². The SMILES string of the molecule is CCC[C@@H](C(=O)OC)N1CCOCC1. The Kier molecular flexibility index (Phi) is 4.90. The van der Waals surface area contributed by atoms with Crippen molar-refractivity contribution in [3.8, 4) is 0 Å². The molecule has 0 radical (unpaired) electrons. The van der Waals surface area contributed by atoms with Crippen LogP contribution in [0, 0.1) is 0 Å². The molecule has 0 N–H and O–H groups in total. The van der Waals surface area contributed by atoms with E-state index in [9.17, 15) is 4.79 Å². The van der Waals surface area contributed by atoms with Crippen LogP contribution in [0.4, 0.5) is 0 Å². The summed E-state index contributed by atoms with van der Waals surface area (Å²) in [6.07, 6.45) is 1.86.